The van der Waals surface area contributed by atoms with Crippen molar-refractivity contribution in [1.82, 2.24) is 10.6 Å². The van der Waals surface area contributed by atoms with Crippen LogP contribution in [0, 0.1) is 5.92 Å². The van der Waals surface area contributed by atoms with Crippen molar-refractivity contribution in [3.8, 4) is 5.75 Å². The number of rotatable bonds is 22. The minimum Gasteiger partial charge on any atom is -0.489 e. The van der Waals surface area contributed by atoms with Gasteiger partial charge in [0.15, 0.2) is 0 Å². The number of nitrogens with one attached hydrogen (secondary N) is 2. The molecular weight excluding hydrogens is 612 g/mol. The van der Waals surface area contributed by atoms with Crippen LogP contribution in [0.1, 0.15) is 42.4 Å². The Morgan fingerprint density at radius 3 is 2.15 bits per heavy atom. The fourth-order valence-electron chi connectivity index (χ4n) is 4.73. The average Bonchev–Trinajstić information content (AvgIpc) is 3.09. The van der Waals surface area contributed by atoms with Crippen LogP contribution >= 0.6 is 11.8 Å². The van der Waals surface area contributed by atoms with Crippen molar-refractivity contribution in [2.75, 3.05) is 19.0 Å². The van der Waals surface area contributed by atoms with Gasteiger partial charge in [-0.1, -0.05) is 84.9 Å². The molecule has 0 fully saturated rings. The first kappa shape index (κ1) is 37.1. The Hall–Kier alpha value is -4.34. The number of carbonyl (C=O) groups excluding carboxylic acids is 3. The fourth-order valence-corrected chi connectivity index (χ4v) is 5.74. The Morgan fingerprint density at radius 1 is 0.830 bits per heavy atom. The van der Waals surface area contributed by atoms with E-state index in [9.17, 15) is 19.5 Å². The van der Waals surface area contributed by atoms with Crippen molar-refractivity contribution >= 4 is 29.5 Å². The maximum absolute atomic E-state index is 13.4. The smallest absolute Gasteiger partial charge is 0.306 e. The lowest BCUT2D eigenvalue weighted by atomic mass is 9.98. The quantitative estimate of drug-likeness (QED) is 0.0925. The second-order valence-electron chi connectivity index (χ2n) is 11.2. The van der Waals surface area contributed by atoms with Crippen molar-refractivity contribution in [1.29, 1.82) is 0 Å². The van der Waals surface area contributed by atoms with Gasteiger partial charge in [-0.25, -0.2) is 0 Å². The van der Waals surface area contributed by atoms with Crippen LogP contribution in [-0.4, -0.2) is 53.9 Å². The van der Waals surface area contributed by atoms with E-state index in [1.807, 2.05) is 84.9 Å². The standard InChI is InChI=1S/C38H46N2O6S/c1-3-5-17-37(43)46-26-34(28-47-27-31-15-10-7-11-16-31)40-38(44)32(12-4-2)23-36(42)39-33(24-41)22-29-18-20-35(21-19-29)45-25-30-13-8-6-9-14-30/h3-4,6-11,13-16,18-21,32-34,41H,1-2,5,12,17,22-28H2,(H,39,42)(H,40,44). The summed E-state index contributed by atoms with van der Waals surface area (Å²) < 4.78 is 11.3. The molecule has 3 N–H and O–H groups in total. The van der Waals surface area contributed by atoms with Crippen molar-refractivity contribution in [3.05, 3.63) is 127 Å². The number of aliphatic hydroxyl groups excluding tert-OH is 1. The van der Waals surface area contributed by atoms with E-state index in [2.05, 4.69) is 23.8 Å². The summed E-state index contributed by atoms with van der Waals surface area (Å²) in [6.07, 6.45) is 4.62. The summed E-state index contributed by atoms with van der Waals surface area (Å²) in [5, 5.41) is 15.9. The largest absolute Gasteiger partial charge is 0.489 e. The molecular formula is C38H46N2O6S. The molecule has 3 atom stereocenters. The van der Waals surface area contributed by atoms with Gasteiger partial charge in [0.1, 0.15) is 19.0 Å². The van der Waals surface area contributed by atoms with Crippen molar-refractivity contribution < 1.29 is 29.0 Å². The minimum atomic E-state index is -0.675. The molecule has 0 aliphatic heterocycles. The van der Waals surface area contributed by atoms with Crippen molar-refractivity contribution in [2.24, 2.45) is 5.92 Å². The van der Waals surface area contributed by atoms with E-state index < -0.39 is 18.0 Å². The number of allylic oxidation sites excluding steroid dienone is 2. The zero-order chi connectivity index (χ0) is 33.7. The van der Waals surface area contributed by atoms with Gasteiger partial charge in [-0.15, -0.1) is 13.2 Å². The molecule has 3 rings (SSSR count). The summed E-state index contributed by atoms with van der Waals surface area (Å²) in [7, 11) is 0. The number of benzene rings is 3. The SMILES string of the molecule is C=CCCC(=O)OCC(CSCc1ccccc1)NC(=O)C(CC=C)CC(=O)NC(CO)Cc1ccc(OCc2ccccc2)cc1. The molecule has 0 bridgehead atoms. The molecule has 9 heteroatoms. The zero-order valence-corrected chi connectivity index (χ0v) is 27.7. The number of hydrogen-bond acceptors (Lipinski definition) is 7. The molecule has 3 unspecified atom stereocenters. The zero-order valence-electron chi connectivity index (χ0n) is 26.9. The highest BCUT2D eigenvalue weighted by Gasteiger charge is 2.25. The van der Waals surface area contributed by atoms with E-state index in [1.165, 1.54) is 0 Å². The van der Waals surface area contributed by atoms with Gasteiger partial charge in [-0.3, -0.25) is 14.4 Å². The normalized spacial score (nSPS) is 12.6. The van der Waals surface area contributed by atoms with Crippen LogP contribution < -0.4 is 15.4 Å². The summed E-state index contributed by atoms with van der Waals surface area (Å²) in [6.45, 7) is 7.63. The second-order valence-corrected chi connectivity index (χ2v) is 12.2. The first-order valence-corrected chi connectivity index (χ1v) is 17.0. The van der Waals surface area contributed by atoms with Crippen LogP contribution in [0.4, 0.5) is 0 Å². The van der Waals surface area contributed by atoms with Gasteiger partial charge in [0.2, 0.25) is 11.8 Å². The molecule has 0 aromatic heterocycles. The van der Waals surface area contributed by atoms with Gasteiger partial charge in [0, 0.05) is 24.3 Å². The molecule has 3 aromatic carbocycles. The van der Waals surface area contributed by atoms with Crippen LogP contribution in [0.2, 0.25) is 0 Å². The van der Waals surface area contributed by atoms with Crippen LogP contribution in [0.5, 0.6) is 5.75 Å². The highest BCUT2D eigenvalue weighted by Crippen LogP contribution is 2.17. The number of ether oxygens (including phenoxy) is 2. The van der Waals surface area contributed by atoms with Crippen LogP contribution in [0.25, 0.3) is 0 Å². The predicted molar refractivity (Wildman–Crippen MR) is 188 cm³/mol. The molecule has 2 amide bonds. The number of carbonyl (C=O) groups is 3. The van der Waals surface area contributed by atoms with Gasteiger partial charge in [0.05, 0.1) is 24.6 Å². The molecule has 0 heterocycles. The van der Waals surface area contributed by atoms with E-state index in [0.29, 0.717) is 25.2 Å². The highest BCUT2D eigenvalue weighted by molar-refractivity contribution is 7.98. The second kappa shape index (κ2) is 21.5. The molecule has 47 heavy (non-hydrogen) atoms. The lowest BCUT2D eigenvalue weighted by molar-refractivity contribution is -0.145. The minimum absolute atomic E-state index is 0.0270. The predicted octanol–water partition coefficient (Wildman–Crippen LogP) is 5.80. The Bertz CT molecular complexity index is 1380. The third-order valence-electron chi connectivity index (χ3n) is 7.27. The number of esters is 1. The van der Waals surface area contributed by atoms with Gasteiger partial charge >= 0.3 is 5.97 Å². The van der Waals surface area contributed by atoms with Gasteiger partial charge in [0.25, 0.3) is 0 Å². The Labute approximate surface area is 282 Å². The number of hydrogen-bond donors (Lipinski definition) is 3. The lowest BCUT2D eigenvalue weighted by Gasteiger charge is -2.23. The van der Waals surface area contributed by atoms with E-state index >= 15 is 0 Å². The summed E-state index contributed by atoms with van der Waals surface area (Å²) in [5.74, 6) is 0.282. The maximum atomic E-state index is 13.4. The Balaban J connectivity index is 1.53. The summed E-state index contributed by atoms with van der Waals surface area (Å²) in [6, 6.07) is 26.4. The maximum Gasteiger partial charge on any atom is 0.306 e. The third kappa shape index (κ3) is 14.7. The summed E-state index contributed by atoms with van der Waals surface area (Å²) >= 11 is 1.62. The Kier molecular flexibility index (Phi) is 16.9. The van der Waals surface area contributed by atoms with Gasteiger partial charge in [-0.05, 0) is 48.1 Å². The summed E-state index contributed by atoms with van der Waals surface area (Å²) in [5.41, 5.74) is 3.15. The number of aliphatic hydroxyl groups is 1. The number of amides is 2. The molecule has 0 aliphatic rings. The molecule has 0 radical (unpaired) electrons. The van der Waals surface area contributed by atoms with Crippen LogP contribution in [0.15, 0.2) is 110 Å². The van der Waals surface area contributed by atoms with Crippen molar-refractivity contribution in [2.45, 2.75) is 56.5 Å². The van der Waals surface area contributed by atoms with Crippen LogP contribution in [-0.2, 0) is 37.9 Å². The first-order chi connectivity index (χ1) is 22.9. The highest BCUT2D eigenvalue weighted by atomic mass is 32.2. The van der Waals surface area contributed by atoms with Crippen LogP contribution in [0.3, 0.4) is 0 Å². The van der Waals surface area contributed by atoms with Crippen molar-refractivity contribution in [3.63, 3.8) is 0 Å². The third-order valence-corrected chi connectivity index (χ3v) is 8.44. The average molecular weight is 659 g/mol. The Morgan fingerprint density at radius 2 is 1.51 bits per heavy atom. The molecule has 0 spiro atoms. The van der Waals surface area contributed by atoms with E-state index in [1.54, 1.807) is 23.9 Å². The molecule has 8 nitrogen and oxygen atoms in total. The van der Waals surface area contributed by atoms with Gasteiger partial charge < -0.3 is 25.2 Å². The molecule has 0 aliphatic carbocycles. The first-order valence-electron chi connectivity index (χ1n) is 15.9. The fraction of sp³-hybridized carbons (Fsp3) is 0.342. The monoisotopic (exact) mass is 658 g/mol. The molecule has 250 valence electrons. The molecule has 3 aromatic rings. The van der Waals surface area contributed by atoms with E-state index in [4.69, 9.17) is 9.47 Å². The van der Waals surface area contributed by atoms with E-state index in [0.717, 1.165) is 28.2 Å². The topological polar surface area (TPSA) is 114 Å². The van der Waals surface area contributed by atoms with Gasteiger partial charge in [-0.2, -0.15) is 11.8 Å². The molecule has 0 saturated carbocycles. The number of thioether (sulfide) groups is 1. The molecule has 0 saturated heterocycles. The summed E-state index contributed by atoms with van der Waals surface area (Å²) in [4.78, 5) is 38.6. The lowest BCUT2D eigenvalue weighted by Crippen LogP contribution is -2.45. The van der Waals surface area contributed by atoms with E-state index in [-0.39, 0.29) is 50.3 Å².